The first kappa shape index (κ1) is 13.4. The summed E-state index contributed by atoms with van der Waals surface area (Å²) >= 11 is 0. The lowest BCUT2D eigenvalue weighted by molar-refractivity contribution is 0.0769. The number of hydrogen-bond acceptors (Lipinski definition) is 1. The summed E-state index contributed by atoms with van der Waals surface area (Å²) in [6.45, 7) is 8.44. The summed E-state index contributed by atoms with van der Waals surface area (Å²) in [5.74, 6) is -0.732. The fourth-order valence-corrected chi connectivity index (χ4v) is 1.67. The van der Waals surface area contributed by atoms with Crippen molar-refractivity contribution in [2.45, 2.75) is 20.3 Å². The molecule has 0 aromatic heterocycles. The normalized spacial score (nSPS) is 10.1. The Labute approximate surface area is 102 Å². The minimum atomic E-state index is -0.458. The molecule has 1 aromatic carbocycles. The monoisotopic (exact) mass is 235 g/mol. The van der Waals surface area contributed by atoms with Gasteiger partial charge in [-0.2, -0.15) is 0 Å². The van der Waals surface area contributed by atoms with Crippen molar-refractivity contribution in [3.05, 3.63) is 47.8 Å². The topological polar surface area (TPSA) is 20.3 Å². The highest BCUT2D eigenvalue weighted by molar-refractivity contribution is 5.94. The van der Waals surface area contributed by atoms with Gasteiger partial charge in [0.15, 0.2) is 0 Å². The zero-order valence-electron chi connectivity index (χ0n) is 10.4. The van der Waals surface area contributed by atoms with E-state index in [-0.39, 0.29) is 11.5 Å². The quantitative estimate of drug-likeness (QED) is 0.718. The van der Waals surface area contributed by atoms with Gasteiger partial charge in [0, 0.05) is 13.1 Å². The highest BCUT2D eigenvalue weighted by atomic mass is 19.1. The summed E-state index contributed by atoms with van der Waals surface area (Å²) in [6.07, 6.45) is 2.49. The molecule has 1 aromatic rings. The van der Waals surface area contributed by atoms with Gasteiger partial charge in [0.1, 0.15) is 5.82 Å². The standard InChI is InChI=1S/C14H18FNO/c1-4-8-16(9-5-2)14(17)12-7-6-11(3)10-13(12)15/h4,6-7,10H,1,5,8-9H2,2-3H3. The van der Waals surface area contributed by atoms with Gasteiger partial charge in [0.25, 0.3) is 5.91 Å². The van der Waals surface area contributed by atoms with Crippen LogP contribution in [0.2, 0.25) is 0 Å². The van der Waals surface area contributed by atoms with E-state index in [9.17, 15) is 9.18 Å². The molecule has 0 radical (unpaired) electrons. The van der Waals surface area contributed by atoms with E-state index in [2.05, 4.69) is 6.58 Å². The van der Waals surface area contributed by atoms with Crippen LogP contribution in [0, 0.1) is 12.7 Å². The van der Waals surface area contributed by atoms with Crippen LogP contribution in [0.1, 0.15) is 29.3 Å². The summed E-state index contributed by atoms with van der Waals surface area (Å²) in [7, 11) is 0. The van der Waals surface area contributed by atoms with Crippen molar-refractivity contribution in [3.8, 4) is 0 Å². The molecular formula is C14H18FNO. The van der Waals surface area contributed by atoms with Crippen LogP contribution in [0.4, 0.5) is 4.39 Å². The lowest BCUT2D eigenvalue weighted by Crippen LogP contribution is -2.32. The molecule has 1 rings (SSSR count). The first-order valence-corrected chi connectivity index (χ1v) is 5.76. The lowest BCUT2D eigenvalue weighted by atomic mass is 10.1. The maximum absolute atomic E-state index is 13.7. The third kappa shape index (κ3) is 3.41. The zero-order chi connectivity index (χ0) is 12.8. The molecule has 1 amide bonds. The van der Waals surface area contributed by atoms with Crippen molar-refractivity contribution in [1.29, 1.82) is 0 Å². The number of nitrogens with zero attached hydrogens (tertiary/aromatic N) is 1. The van der Waals surface area contributed by atoms with Crippen LogP contribution >= 0.6 is 0 Å². The van der Waals surface area contributed by atoms with Gasteiger partial charge < -0.3 is 4.90 Å². The van der Waals surface area contributed by atoms with Gasteiger partial charge >= 0.3 is 0 Å². The molecule has 0 spiro atoms. The van der Waals surface area contributed by atoms with Crippen LogP contribution in [0.25, 0.3) is 0 Å². The number of amides is 1. The average Bonchev–Trinajstić information content (AvgIpc) is 2.28. The van der Waals surface area contributed by atoms with Gasteiger partial charge in [0.05, 0.1) is 5.56 Å². The van der Waals surface area contributed by atoms with Crippen molar-refractivity contribution in [2.75, 3.05) is 13.1 Å². The average molecular weight is 235 g/mol. The van der Waals surface area contributed by atoms with E-state index in [1.807, 2.05) is 6.92 Å². The molecule has 0 unspecified atom stereocenters. The summed E-state index contributed by atoms with van der Waals surface area (Å²) in [6, 6.07) is 4.67. The largest absolute Gasteiger partial charge is 0.335 e. The fraction of sp³-hybridized carbons (Fsp3) is 0.357. The number of carbonyl (C=O) groups is 1. The molecule has 0 atom stereocenters. The van der Waals surface area contributed by atoms with Gasteiger partial charge in [-0.25, -0.2) is 4.39 Å². The number of benzene rings is 1. The first-order chi connectivity index (χ1) is 8.10. The van der Waals surface area contributed by atoms with Crippen molar-refractivity contribution >= 4 is 5.91 Å². The molecule has 0 aliphatic rings. The molecule has 0 bridgehead atoms. The Bertz CT molecular complexity index is 415. The maximum Gasteiger partial charge on any atom is 0.257 e. The summed E-state index contributed by atoms with van der Waals surface area (Å²) in [5.41, 5.74) is 0.940. The molecule has 3 heteroatoms. The molecule has 0 heterocycles. The van der Waals surface area contributed by atoms with Crippen molar-refractivity contribution in [2.24, 2.45) is 0 Å². The van der Waals surface area contributed by atoms with Crippen molar-refractivity contribution in [3.63, 3.8) is 0 Å². The first-order valence-electron chi connectivity index (χ1n) is 5.76. The Balaban J connectivity index is 2.96. The summed E-state index contributed by atoms with van der Waals surface area (Å²) in [4.78, 5) is 13.7. The predicted octanol–water partition coefficient (Wildman–Crippen LogP) is 3.17. The van der Waals surface area contributed by atoms with Gasteiger partial charge in [-0.3, -0.25) is 4.79 Å². The van der Waals surface area contributed by atoms with Crippen molar-refractivity contribution < 1.29 is 9.18 Å². The second-order valence-electron chi connectivity index (χ2n) is 4.02. The molecule has 0 saturated carbocycles. The van der Waals surface area contributed by atoms with E-state index in [0.717, 1.165) is 12.0 Å². The van der Waals surface area contributed by atoms with E-state index in [0.29, 0.717) is 13.1 Å². The molecule has 17 heavy (non-hydrogen) atoms. The SMILES string of the molecule is C=CCN(CCC)C(=O)c1ccc(C)cc1F. The number of hydrogen-bond donors (Lipinski definition) is 0. The minimum absolute atomic E-state index is 0.130. The number of halogens is 1. The van der Waals surface area contributed by atoms with Crippen LogP contribution in [-0.4, -0.2) is 23.9 Å². The molecule has 0 saturated heterocycles. The van der Waals surface area contributed by atoms with Crippen LogP contribution < -0.4 is 0 Å². The summed E-state index contributed by atoms with van der Waals surface area (Å²) in [5, 5.41) is 0. The highest BCUT2D eigenvalue weighted by Gasteiger charge is 2.17. The van der Waals surface area contributed by atoms with Gasteiger partial charge in [0.2, 0.25) is 0 Å². The van der Waals surface area contributed by atoms with Crippen LogP contribution in [0.3, 0.4) is 0 Å². The van der Waals surface area contributed by atoms with Gasteiger partial charge in [-0.15, -0.1) is 6.58 Å². The van der Waals surface area contributed by atoms with E-state index in [1.54, 1.807) is 30.0 Å². The lowest BCUT2D eigenvalue weighted by Gasteiger charge is -2.20. The maximum atomic E-state index is 13.7. The highest BCUT2D eigenvalue weighted by Crippen LogP contribution is 2.13. The van der Waals surface area contributed by atoms with Gasteiger partial charge in [-0.1, -0.05) is 19.1 Å². The summed E-state index contributed by atoms with van der Waals surface area (Å²) < 4.78 is 13.7. The van der Waals surface area contributed by atoms with E-state index in [1.165, 1.54) is 6.07 Å². The Hall–Kier alpha value is -1.64. The number of carbonyl (C=O) groups excluding carboxylic acids is 1. The molecule has 0 fully saturated rings. The predicted molar refractivity (Wildman–Crippen MR) is 67.5 cm³/mol. The van der Waals surface area contributed by atoms with E-state index in [4.69, 9.17) is 0 Å². The Morgan fingerprint density at radius 2 is 2.24 bits per heavy atom. The fourth-order valence-electron chi connectivity index (χ4n) is 1.67. The second-order valence-corrected chi connectivity index (χ2v) is 4.02. The number of aryl methyl sites for hydroxylation is 1. The minimum Gasteiger partial charge on any atom is -0.335 e. The van der Waals surface area contributed by atoms with E-state index >= 15 is 0 Å². The zero-order valence-corrected chi connectivity index (χ0v) is 10.4. The van der Waals surface area contributed by atoms with Crippen LogP contribution in [-0.2, 0) is 0 Å². The van der Waals surface area contributed by atoms with Crippen LogP contribution in [0.5, 0.6) is 0 Å². The molecule has 0 aliphatic heterocycles. The smallest absolute Gasteiger partial charge is 0.257 e. The van der Waals surface area contributed by atoms with E-state index < -0.39 is 5.82 Å². The number of rotatable bonds is 5. The van der Waals surface area contributed by atoms with Crippen LogP contribution in [0.15, 0.2) is 30.9 Å². The Kier molecular flexibility index (Phi) is 4.88. The second kappa shape index (κ2) is 6.18. The van der Waals surface area contributed by atoms with Crippen molar-refractivity contribution in [1.82, 2.24) is 4.90 Å². The Morgan fingerprint density at radius 1 is 1.53 bits per heavy atom. The molecule has 92 valence electrons. The van der Waals surface area contributed by atoms with Gasteiger partial charge in [-0.05, 0) is 31.0 Å². The molecule has 0 aliphatic carbocycles. The third-order valence-electron chi connectivity index (χ3n) is 2.49. The Morgan fingerprint density at radius 3 is 2.76 bits per heavy atom. The third-order valence-corrected chi connectivity index (χ3v) is 2.49. The molecular weight excluding hydrogens is 217 g/mol. The molecule has 0 N–H and O–H groups in total. The molecule has 2 nitrogen and oxygen atoms in total.